The van der Waals surface area contributed by atoms with Crippen molar-refractivity contribution >= 4 is 28.4 Å². The number of carbonyl (C=O) groups excluding carboxylic acids is 1. The van der Waals surface area contributed by atoms with Gasteiger partial charge in [-0.15, -0.1) is 12.4 Å². The van der Waals surface area contributed by atoms with Crippen LogP contribution in [0.1, 0.15) is 44.1 Å². The summed E-state index contributed by atoms with van der Waals surface area (Å²) in [6, 6.07) is 18.7. The molecule has 1 unspecified atom stereocenters. The van der Waals surface area contributed by atoms with E-state index >= 15 is 0 Å². The van der Waals surface area contributed by atoms with Crippen molar-refractivity contribution in [3.05, 3.63) is 66.2 Å². The second kappa shape index (κ2) is 14.7. The van der Waals surface area contributed by atoms with Crippen molar-refractivity contribution in [2.24, 2.45) is 5.92 Å². The van der Waals surface area contributed by atoms with Crippen LogP contribution in [0.25, 0.3) is 0 Å². The van der Waals surface area contributed by atoms with E-state index in [4.69, 9.17) is 4.74 Å². The zero-order valence-electron chi connectivity index (χ0n) is 21.5. The van der Waals surface area contributed by atoms with Gasteiger partial charge in [0.05, 0.1) is 24.1 Å². The Labute approximate surface area is 222 Å². The average Bonchev–Trinajstić information content (AvgIpc) is 2.90. The van der Waals surface area contributed by atoms with Crippen molar-refractivity contribution in [3.63, 3.8) is 0 Å². The Bertz CT molecular complexity index is 1020. The molecule has 1 aliphatic rings. The fourth-order valence-electron chi connectivity index (χ4n) is 4.78. The number of nitrogens with zero attached hydrogens (tertiary/aromatic N) is 2. The van der Waals surface area contributed by atoms with Crippen LogP contribution in [0.15, 0.2) is 65.6 Å². The number of esters is 1. The SMILES string of the molecule is CCCN[C@@H]1CC(C(=O)OC)CCN1CC[C@@H](CN(C)S(=O)(=O)c1ccccc1)c1ccccc1.Cl. The lowest BCUT2D eigenvalue weighted by Gasteiger charge is -2.40. The third-order valence-electron chi connectivity index (χ3n) is 6.84. The second-order valence-corrected chi connectivity index (χ2v) is 11.3. The van der Waals surface area contributed by atoms with Crippen molar-refractivity contribution in [2.75, 3.05) is 40.3 Å². The number of likely N-dealkylation sites (N-methyl/N-ethyl adjacent to an activating group) is 1. The topological polar surface area (TPSA) is 79.0 Å². The van der Waals surface area contributed by atoms with Gasteiger partial charge < -0.3 is 10.1 Å². The first-order valence-corrected chi connectivity index (χ1v) is 13.9. The molecule has 1 heterocycles. The maximum Gasteiger partial charge on any atom is 0.308 e. The predicted molar refractivity (Wildman–Crippen MR) is 146 cm³/mol. The molecule has 0 bridgehead atoms. The summed E-state index contributed by atoms with van der Waals surface area (Å²) in [5, 5.41) is 3.59. The molecule has 0 aromatic heterocycles. The van der Waals surface area contributed by atoms with Crippen LogP contribution >= 0.6 is 12.4 Å². The summed E-state index contributed by atoms with van der Waals surface area (Å²) >= 11 is 0. The first kappa shape index (κ1) is 30.3. The van der Waals surface area contributed by atoms with E-state index in [1.54, 1.807) is 31.3 Å². The number of hydrogen-bond acceptors (Lipinski definition) is 6. The zero-order chi connectivity index (χ0) is 25.3. The third-order valence-corrected chi connectivity index (χ3v) is 8.68. The van der Waals surface area contributed by atoms with E-state index in [-0.39, 0.29) is 36.4 Å². The van der Waals surface area contributed by atoms with Crippen LogP contribution in [0.2, 0.25) is 0 Å². The lowest BCUT2D eigenvalue weighted by Crippen LogP contribution is -2.52. The van der Waals surface area contributed by atoms with E-state index in [1.807, 2.05) is 24.3 Å². The Hall–Kier alpha value is -1.97. The number of rotatable bonds is 12. The number of piperidine rings is 1. The molecule has 1 fully saturated rings. The summed E-state index contributed by atoms with van der Waals surface area (Å²) < 4.78 is 32.8. The Balaban J connectivity index is 0.00000456. The van der Waals surface area contributed by atoms with Gasteiger partial charge in [0.2, 0.25) is 10.0 Å². The standard InChI is InChI=1S/C27H39N3O4S.ClH/c1-4-17-28-26-20-23(27(31)34-3)15-18-30(26)19-16-24(22-11-7-5-8-12-22)21-29(2)35(32,33)25-13-9-6-10-14-25;/h5-14,23-24,26,28H,4,15-21H2,1-3H3;1H/t23?,24-,26-;/m0./s1. The molecule has 0 aliphatic carbocycles. The largest absolute Gasteiger partial charge is 0.469 e. The lowest BCUT2D eigenvalue weighted by molar-refractivity contribution is -0.148. The van der Waals surface area contributed by atoms with E-state index < -0.39 is 10.0 Å². The fourth-order valence-corrected chi connectivity index (χ4v) is 6.01. The molecule has 0 saturated carbocycles. The van der Waals surface area contributed by atoms with Gasteiger partial charge in [0, 0.05) is 26.7 Å². The number of benzene rings is 2. The monoisotopic (exact) mass is 537 g/mol. The number of sulfonamides is 1. The highest BCUT2D eigenvalue weighted by molar-refractivity contribution is 7.89. The Morgan fingerprint density at radius 1 is 1.14 bits per heavy atom. The molecule has 2 aromatic rings. The zero-order valence-corrected chi connectivity index (χ0v) is 23.1. The Kier molecular flexibility index (Phi) is 12.3. The smallest absolute Gasteiger partial charge is 0.308 e. The van der Waals surface area contributed by atoms with Gasteiger partial charge in [0.15, 0.2) is 0 Å². The molecule has 0 radical (unpaired) electrons. The van der Waals surface area contributed by atoms with Gasteiger partial charge in [-0.05, 0) is 55.8 Å². The summed E-state index contributed by atoms with van der Waals surface area (Å²) in [6.45, 7) is 5.03. The predicted octanol–water partition coefficient (Wildman–Crippen LogP) is 4.11. The van der Waals surface area contributed by atoms with Gasteiger partial charge in [-0.1, -0.05) is 55.5 Å². The molecule has 0 spiro atoms. The van der Waals surface area contributed by atoms with Crippen molar-refractivity contribution in [2.45, 2.75) is 49.6 Å². The summed E-state index contributed by atoms with van der Waals surface area (Å²) in [5.74, 6) is -0.176. The third kappa shape index (κ3) is 8.02. The molecule has 1 aliphatic heterocycles. The van der Waals surface area contributed by atoms with Crippen LogP contribution in [0.4, 0.5) is 0 Å². The van der Waals surface area contributed by atoms with Crippen LogP contribution in [-0.2, 0) is 19.6 Å². The highest BCUT2D eigenvalue weighted by atomic mass is 35.5. The van der Waals surface area contributed by atoms with Crippen molar-refractivity contribution in [1.82, 2.24) is 14.5 Å². The maximum absolute atomic E-state index is 13.2. The summed E-state index contributed by atoms with van der Waals surface area (Å²) in [4.78, 5) is 14.9. The van der Waals surface area contributed by atoms with Crippen molar-refractivity contribution in [3.8, 4) is 0 Å². The number of carbonyl (C=O) groups is 1. The molecular weight excluding hydrogens is 498 g/mol. The van der Waals surface area contributed by atoms with Gasteiger partial charge in [0.1, 0.15) is 0 Å². The summed E-state index contributed by atoms with van der Waals surface area (Å²) in [7, 11) is -0.461. The van der Waals surface area contributed by atoms with Crippen LogP contribution in [0, 0.1) is 5.92 Å². The number of halogens is 1. The van der Waals surface area contributed by atoms with Crippen LogP contribution < -0.4 is 5.32 Å². The second-order valence-electron chi connectivity index (χ2n) is 9.25. The van der Waals surface area contributed by atoms with E-state index in [1.165, 1.54) is 11.4 Å². The van der Waals surface area contributed by atoms with E-state index in [0.29, 0.717) is 11.4 Å². The molecule has 200 valence electrons. The lowest BCUT2D eigenvalue weighted by atomic mass is 9.92. The molecule has 1 saturated heterocycles. The van der Waals surface area contributed by atoms with Crippen molar-refractivity contribution in [1.29, 1.82) is 0 Å². The van der Waals surface area contributed by atoms with Gasteiger partial charge in [-0.25, -0.2) is 12.7 Å². The first-order chi connectivity index (χ1) is 16.9. The number of likely N-dealkylation sites (tertiary alicyclic amines) is 1. The van der Waals surface area contributed by atoms with Crippen LogP contribution in [-0.4, -0.2) is 70.1 Å². The minimum Gasteiger partial charge on any atom is -0.469 e. The molecule has 9 heteroatoms. The molecule has 3 rings (SSSR count). The molecule has 3 atom stereocenters. The normalized spacial score (nSPS) is 19.4. The molecular formula is C27H40ClN3O4S. The highest BCUT2D eigenvalue weighted by Gasteiger charge is 2.33. The van der Waals surface area contributed by atoms with Crippen LogP contribution in [0.5, 0.6) is 0 Å². The van der Waals surface area contributed by atoms with E-state index in [0.717, 1.165) is 50.9 Å². The minimum atomic E-state index is -3.57. The summed E-state index contributed by atoms with van der Waals surface area (Å²) in [5.41, 5.74) is 1.13. The Morgan fingerprint density at radius 2 is 1.78 bits per heavy atom. The van der Waals surface area contributed by atoms with Crippen molar-refractivity contribution < 1.29 is 17.9 Å². The summed E-state index contributed by atoms with van der Waals surface area (Å²) in [6.07, 6.45) is 3.43. The van der Waals surface area contributed by atoms with Gasteiger partial charge in [-0.2, -0.15) is 0 Å². The first-order valence-electron chi connectivity index (χ1n) is 12.5. The number of nitrogens with one attached hydrogen (secondary N) is 1. The van der Waals surface area contributed by atoms with E-state index in [2.05, 4.69) is 29.3 Å². The molecule has 0 amide bonds. The molecule has 36 heavy (non-hydrogen) atoms. The van der Waals surface area contributed by atoms with E-state index in [9.17, 15) is 13.2 Å². The molecule has 7 nitrogen and oxygen atoms in total. The van der Waals surface area contributed by atoms with Gasteiger partial charge in [-0.3, -0.25) is 9.69 Å². The number of methoxy groups -OCH3 is 1. The quantitative estimate of drug-likeness (QED) is 0.410. The minimum absolute atomic E-state index is 0. The fraction of sp³-hybridized carbons (Fsp3) is 0.519. The average molecular weight is 538 g/mol. The van der Waals surface area contributed by atoms with Crippen LogP contribution in [0.3, 0.4) is 0 Å². The van der Waals surface area contributed by atoms with Gasteiger partial charge >= 0.3 is 5.97 Å². The molecule has 1 N–H and O–H groups in total. The molecule has 2 aromatic carbocycles. The van der Waals surface area contributed by atoms with Gasteiger partial charge in [0.25, 0.3) is 0 Å². The highest BCUT2D eigenvalue weighted by Crippen LogP contribution is 2.27. The number of hydrogen-bond donors (Lipinski definition) is 1. The Morgan fingerprint density at radius 3 is 2.39 bits per heavy atom. The number of ether oxygens (including phenoxy) is 1. The maximum atomic E-state index is 13.2.